The molecule has 0 aliphatic carbocycles. The third kappa shape index (κ3) is 24.6. The Morgan fingerprint density at radius 3 is 1.69 bits per heavy atom. The van der Waals surface area contributed by atoms with Crippen LogP contribution in [0.1, 0.15) is 32.6 Å². The van der Waals surface area contributed by atoms with Crippen molar-refractivity contribution in [1.82, 2.24) is 0 Å². The average molecular weight is 182 g/mol. The number of rotatable bonds is 5. The number of carbonyl (C=O) groups is 2. The van der Waals surface area contributed by atoms with Crippen molar-refractivity contribution in [2.45, 2.75) is 37.7 Å². The first-order valence-corrected chi connectivity index (χ1v) is 4.48. The van der Waals surface area contributed by atoms with Crippen LogP contribution in [0.4, 0.5) is 0 Å². The van der Waals surface area contributed by atoms with Crippen molar-refractivity contribution in [1.29, 1.82) is 0 Å². The fraction of sp³-hybridized carbons (Fsp3) is 0.750. The van der Waals surface area contributed by atoms with Gasteiger partial charge in [0.15, 0.2) is 0 Å². The molecule has 0 amide bonds. The van der Waals surface area contributed by atoms with E-state index in [4.69, 9.17) is 10.2 Å². The molecule has 4 nitrogen and oxygen atoms in total. The molecule has 0 aromatic carbocycles. The molecule has 0 spiro atoms. The minimum absolute atomic E-state index is 0.806. The van der Waals surface area contributed by atoms with Gasteiger partial charge < -0.3 is 10.2 Å². The van der Waals surface area contributed by atoms with Gasteiger partial charge in [-0.3, -0.25) is 9.59 Å². The van der Waals surface area contributed by atoms with E-state index in [1.54, 1.807) is 0 Å². The second kappa shape index (κ2) is 11.5. The quantitative estimate of drug-likeness (QED) is 0.382. The van der Waals surface area contributed by atoms with Gasteiger partial charge in [-0.05, 0) is 0 Å². The Hall–Kier alpha value is -0.463. The van der Waals surface area contributed by atoms with E-state index in [-0.39, 0.29) is 0 Å². The number of hydrogen-bond acceptors (Lipinski definition) is 2. The van der Waals surface area contributed by atoms with Gasteiger partial charge >= 0.3 is 60.9 Å². The number of carboxylic acids is 2. The van der Waals surface area contributed by atoms with E-state index in [9.17, 15) is 9.59 Å². The first-order chi connectivity index (χ1) is 6.04. The van der Waals surface area contributed by atoms with E-state index in [2.05, 4.69) is 24.6 Å². The topological polar surface area (TPSA) is 74.6 Å². The van der Waals surface area contributed by atoms with Gasteiger partial charge in [-0.2, -0.15) is 0 Å². The molecule has 13 heavy (non-hydrogen) atoms. The van der Waals surface area contributed by atoms with Gasteiger partial charge in [-0.25, -0.2) is 0 Å². The summed E-state index contributed by atoms with van der Waals surface area (Å²) in [6.07, 6.45) is 3.38. The Morgan fingerprint density at radius 1 is 1.15 bits per heavy atom. The van der Waals surface area contributed by atoms with Gasteiger partial charge in [-0.15, -0.1) is 0 Å². The third-order valence-electron chi connectivity index (χ3n) is 1.26. The van der Waals surface area contributed by atoms with Crippen LogP contribution in [0.5, 0.6) is 0 Å². The molecular formula is C8H15LiO4. The zero-order valence-corrected chi connectivity index (χ0v) is 8.25. The zero-order chi connectivity index (χ0) is 10.7. The number of carboxylic acid groups (broad SMARTS) is 2. The number of aliphatic carboxylic acids is 2. The molecule has 0 saturated carbocycles. The fourth-order valence-electron chi connectivity index (χ4n) is 0.629. The average Bonchev–Trinajstić information content (AvgIpc) is 1.99. The van der Waals surface area contributed by atoms with E-state index in [0.717, 1.165) is 0 Å². The van der Waals surface area contributed by atoms with Crippen molar-refractivity contribution in [3.63, 3.8) is 0 Å². The molecule has 0 aromatic rings. The summed E-state index contributed by atoms with van der Waals surface area (Å²) >= 11 is 2.23. The molecule has 0 fully saturated rings. The van der Waals surface area contributed by atoms with E-state index in [0.29, 0.717) is 0 Å². The first kappa shape index (κ1) is 15.0. The fourth-order valence-corrected chi connectivity index (χ4v) is 0.629. The predicted molar refractivity (Wildman–Crippen MR) is 50.0 cm³/mol. The Labute approximate surface area is 87.5 Å². The summed E-state index contributed by atoms with van der Waals surface area (Å²) in [5.41, 5.74) is 0. The molecule has 0 aliphatic rings. The summed E-state index contributed by atoms with van der Waals surface area (Å²) in [5, 5.41) is 16.8. The zero-order valence-electron chi connectivity index (χ0n) is 8.25. The van der Waals surface area contributed by atoms with Gasteiger partial charge in [-0.1, -0.05) is 0 Å². The predicted octanol–water partition coefficient (Wildman–Crippen LogP) is 1.31. The minimum atomic E-state index is -1.31. The van der Waals surface area contributed by atoms with E-state index in [1.807, 2.05) is 0 Å². The molecule has 0 rings (SSSR count). The second-order valence-electron chi connectivity index (χ2n) is 2.67. The summed E-state index contributed by atoms with van der Waals surface area (Å²) in [6, 6.07) is 0. The molecule has 2 N–H and O–H groups in total. The van der Waals surface area contributed by atoms with Gasteiger partial charge in [0, 0.05) is 0 Å². The van der Waals surface area contributed by atoms with Gasteiger partial charge in [0.25, 0.3) is 0 Å². The van der Waals surface area contributed by atoms with Crippen molar-refractivity contribution in [3.05, 3.63) is 0 Å². The molecule has 0 aromatic heterocycles. The van der Waals surface area contributed by atoms with Crippen LogP contribution in [-0.4, -0.2) is 39.9 Å². The number of hydrogen-bond donors (Lipinski definition) is 2. The normalized spacial score (nSPS) is 8.54. The summed E-state index contributed by atoms with van der Waals surface area (Å²) in [4.78, 5) is 18.9. The molecule has 0 unspecified atom stereocenters. The van der Waals surface area contributed by atoms with Crippen molar-refractivity contribution >= 4 is 29.7 Å². The van der Waals surface area contributed by atoms with Crippen LogP contribution < -0.4 is 0 Å². The second-order valence-corrected chi connectivity index (χ2v) is 2.67. The molecule has 0 saturated heterocycles. The Kier molecular flexibility index (Phi) is 13.3. The van der Waals surface area contributed by atoms with Gasteiger partial charge in [0.05, 0.1) is 0 Å². The third-order valence-corrected chi connectivity index (χ3v) is 1.26. The monoisotopic (exact) mass is 182 g/mol. The SMILES string of the molecule is O=C(O)CC(=O)O.[Li][CH2]CCCC. The van der Waals surface area contributed by atoms with Crippen LogP contribution in [-0.2, 0) is 9.59 Å². The van der Waals surface area contributed by atoms with Crippen LogP contribution >= 0.6 is 0 Å². The maximum atomic E-state index is 9.43. The molecule has 0 radical (unpaired) electrons. The molecule has 0 heterocycles. The van der Waals surface area contributed by atoms with Crippen LogP contribution in [0, 0.1) is 0 Å². The summed E-state index contributed by atoms with van der Waals surface area (Å²) in [7, 11) is 0. The first-order valence-electron chi connectivity index (χ1n) is 4.48. The Morgan fingerprint density at radius 2 is 1.62 bits per heavy atom. The summed E-state index contributed by atoms with van der Waals surface area (Å²) < 4.78 is 0. The van der Waals surface area contributed by atoms with Gasteiger partial charge in [0.2, 0.25) is 0 Å². The van der Waals surface area contributed by atoms with Crippen LogP contribution in [0.3, 0.4) is 0 Å². The Balaban J connectivity index is 0. The van der Waals surface area contributed by atoms with Crippen molar-refractivity contribution in [2.24, 2.45) is 0 Å². The maximum absolute atomic E-state index is 9.43. The molecule has 0 atom stereocenters. The van der Waals surface area contributed by atoms with Gasteiger partial charge in [0.1, 0.15) is 6.42 Å². The van der Waals surface area contributed by atoms with Crippen molar-refractivity contribution < 1.29 is 19.8 Å². The molecular weight excluding hydrogens is 167 g/mol. The van der Waals surface area contributed by atoms with E-state index >= 15 is 0 Å². The summed E-state index contributed by atoms with van der Waals surface area (Å²) in [6.45, 7) is 2.23. The summed E-state index contributed by atoms with van der Waals surface area (Å²) in [5.74, 6) is -2.62. The van der Waals surface area contributed by atoms with Crippen molar-refractivity contribution in [3.8, 4) is 0 Å². The molecule has 72 valence electrons. The van der Waals surface area contributed by atoms with Crippen LogP contribution in [0.25, 0.3) is 0 Å². The van der Waals surface area contributed by atoms with E-state index in [1.165, 1.54) is 24.4 Å². The molecule has 5 heteroatoms. The van der Waals surface area contributed by atoms with Crippen LogP contribution in [0.15, 0.2) is 0 Å². The Bertz CT molecular complexity index is 131. The van der Waals surface area contributed by atoms with Crippen LogP contribution in [0.2, 0.25) is 5.09 Å². The van der Waals surface area contributed by atoms with E-state index < -0.39 is 18.4 Å². The number of unbranched alkanes of at least 4 members (excludes halogenated alkanes) is 2. The molecule has 0 aliphatic heterocycles. The van der Waals surface area contributed by atoms with Crippen molar-refractivity contribution in [2.75, 3.05) is 0 Å². The molecule has 0 bridgehead atoms. The standard InChI is InChI=1S/C5H11.C3H4O4.Li/c1-3-5-4-2;4-2(5)1-3(6)7;/h1,3-5H2,2H3;1H2,(H,4,5)(H,6,7);.